The van der Waals surface area contributed by atoms with Crippen LogP contribution >= 0.6 is 23.1 Å². The fourth-order valence-corrected chi connectivity index (χ4v) is 2.86. The number of aromatic nitrogens is 2. The minimum Gasteiger partial charge on any atom is -0.481 e. The monoisotopic (exact) mass is 270 g/mol. The van der Waals surface area contributed by atoms with Crippen molar-refractivity contribution in [1.29, 1.82) is 0 Å². The van der Waals surface area contributed by atoms with Crippen LogP contribution in [0.5, 0.6) is 0 Å². The molecule has 0 saturated carbocycles. The van der Waals surface area contributed by atoms with Crippen LogP contribution in [0.3, 0.4) is 0 Å². The third-order valence-corrected chi connectivity index (χ3v) is 3.86. The van der Waals surface area contributed by atoms with Gasteiger partial charge in [-0.05, 0) is 6.92 Å². The van der Waals surface area contributed by atoms with Crippen molar-refractivity contribution in [3.8, 4) is 0 Å². The number of carbonyl (C=O) groups is 1. The Balaban J connectivity index is 2.24. The summed E-state index contributed by atoms with van der Waals surface area (Å²) >= 11 is 2.68. The maximum atomic E-state index is 11.7. The van der Waals surface area contributed by atoms with Crippen molar-refractivity contribution in [2.24, 2.45) is 0 Å². The summed E-state index contributed by atoms with van der Waals surface area (Å²) in [6.45, 7) is 1.91. The zero-order valence-corrected chi connectivity index (χ0v) is 10.7. The minimum atomic E-state index is -0.861. The van der Waals surface area contributed by atoms with Gasteiger partial charge in [0.15, 0.2) is 4.96 Å². The van der Waals surface area contributed by atoms with Crippen LogP contribution in [0.1, 0.15) is 10.6 Å². The van der Waals surface area contributed by atoms with Gasteiger partial charge >= 0.3 is 5.97 Å². The molecule has 2 aromatic heterocycles. The molecule has 90 valence electrons. The minimum absolute atomic E-state index is 0.0184. The van der Waals surface area contributed by atoms with Gasteiger partial charge in [-0.1, -0.05) is 0 Å². The van der Waals surface area contributed by atoms with Crippen LogP contribution in [-0.4, -0.2) is 26.2 Å². The topological polar surface area (TPSA) is 71.7 Å². The van der Waals surface area contributed by atoms with E-state index in [-0.39, 0.29) is 11.3 Å². The van der Waals surface area contributed by atoms with Crippen LogP contribution in [0, 0.1) is 6.92 Å². The van der Waals surface area contributed by atoms with E-state index in [2.05, 4.69) is 4.98 Å². The number of thioether (sulfide) groups is 1. The van der Waals surface area contributed by atoms with Crippen LogP contribution in [0.15, 0.2) is 17.1 Å². The number of carboxylic acid groups (broad SMARTS) is 1. The van der Waals surface area contributed by atoms with Gasteiger partial charge in [-0.25, -0.2) is 4.98 Å². The largest absolute Gasteiger partial charge is 0.481 e. The molecular weight excluding hydrogens is 260 g/mol. The van der Waals surface area contributed by atoms with Gasteiger partial charge in [0.1, 0.15) is 0 Å². The fraction of sp³-hybridized carbons (Fsp3) is 0.300. The molecule has 17 heavy (non-hydrogen) atoms. The smallest absolute Gasteiger partial charge is 0.313 e. The van der Waals surface area contributed by atoms with Gasteiger partial charge in [-0.3, -0.25) is 14.0 Å². The first-order valence-electron chi connectivity index (χ1n) is 4.84. The first-order valence-corrected chi connectivity index (χ1v) is 6.81. The molecule has 0 saturated heterocycles. The van der Waals surface area contributed by atoms with E-state index in [1.165, 1.54) is 33.6 Å². The number of aryl methyl sites for hydroxylation is 1. The van der Waals surface area contributed by atoms with E-state index in [0.717, 1.165) is 4.88 Å². The highest BCUT2D eigenvalue weighted by atomic mass is 32.2. The summed E-state index contributed by atoms with van der Waals surface area (Å²) in [5.41, 5.74) is 0.508. The Labute approximate surface area is 105 Å². The third-order valence-electron chi connectivity index (χ3n) is 2.01. The molecule has 0 amide bonds. The Bertz CT molecular complexity index is 618. The van der Waals surface area contributed by atoms with E-state index < -0.39 is 5.97 Å². The highest BCUT2D eigenvalue weighted by Gasteiger charge is 2.06. The summed E-state index contributed by atoms with van der Waals surface area (Å²) < 4.78 is 1.51. The SMILES string of the molecule is Cc1cn2c(=O)cc(CSCC(=O)O)nc2s1. The number of thiazole rings is 1. The Hall–Kier alpha value is -1.34. The summed E-state index contributed by atoms with van der Waals surface area (Å²) in [6, 6.07) is 1.45. The van der Waals surface area contributed by atoms with Gasteiger partial charge in [-0.15, -0.1) is 23.1 Å². The molecule has 0 bridgehead atoms. The lowest BCUT2D eigenvalue weighted by molar-refractivity contribution is -0.133. The number of rotatable bonds is 4. The zero-order valence-electron chi connectivity index (χ0n) is 9.04. The van der Waals surface area contributed by atoms with E-state index in [1.807, 2.05) is 6.92 Å². The normalized spacial score (nSPS) is 10.9. The predicted molar refractivity (Wildman–Crippen MR) is 67.9 cm³/mol. The van der Waals surface area contributed by atoms with Crippen LogP contribution < -0.4 is 5.56 Å². The molecule has 0 unspecified atom stereocenters. The Morgan fingerprint density at radius 2 is 2.41 bits per heavy atom. The van der Waals surface area contributed by atoms with Gasteiger partial charge < -0.3 is 5.11 Å². The molecule has 0 atom stereocenters. The number of fused-ring (bicyclic) bond motifs is 1. The van der Waals surface area contributed by atoms with E-state index in [9.17, 15) is 9.59 Å². The molecule has 2 rings (SSSR count). The first-order chi connectivity index (χ1) is 8.06. The molecular formula is C10H10N2O3S2. The third kappa shape index (κ3) is 2.86. The van der Waals surface area contributed by atoms with Crippen molar-refractivity contribution in [2.45, 2.75) is 12.7 Å². The van der Waals surface area contributed by atoms with Crippen LogP contribution in [-0.2, 0) is 10.5 Å². The van der Waals surface area contributed by atoms with Gasteiger partial charge in [0.2, 0.25) is 0 Å². The van der Waals surface area contributed by atoms with Crippen molar-refractivity contribution in [3.05, 3.63) is 33.2 Å². The van der Waals surface area contributed by atoms with E-state index in [0.29, 0.717) is 16.4 Å². The van der Waals surface area contributed by atoms with Crippen molar-refractivity contribution in [3.63, 3.8) is 0 Å². The lowest BCUT2D eigenvalue weighted by atomic mass is 10.4. The molecule has 0 aromatic carbocycles. The van der Waals surface area contributed by atoms with Gasteiger partial charge in [0.05, 0.1) is 11.4 Å². The molecule has 5 nitrogen and oxygen atoms in total. The summed E-state index contributed by atoms with van der Waals surface area (Å²) in [6.07, 6.45) is 1.75. The van der Waals surface area contributed by atoms with Crippen molar-refractivity contribution >= 4 is 34.0 Å². The first kappa shape index (κ1) is 12.1. The van der Waals surface area contributed by atoms with E-state index in [1.54, 1.807) is 6.20 Å². The van der Waals surface area contributed by atoms with Crippen molar-refractivity contribution in [2.75, 3.05) is 5.75 Å². The van der Waals surface area contributed by atoms with Crippen molar-refractivity contribution < 1.29 is 9.90 Å². The number of hydrogen-bond acceptors (Lipinski definition) is 5. The summed E-state index contributed by atoms with van der Waals surface area (Å²) in [5.74, 6) is -0.403. The summed E-state index contributed by atoms with van der Waals surface area (Å²) in [7, 11) is 0. The molecule has 0 aliphatic rings. The van der Waals surface area contributed by atoms with E-state index in [4.69, 9.17) is 5.11 Å². The average Bonchev–Trinajstić information content (AvgIpc) is 2.58. The zero-order chi connectivity index (χ0) is 12.4. The molecule has 2 heterocycles. The van der Waals surface area contributed by atoms with Gasteiger partial charge in [0, 0.05) is 22.9 Å². The van der Waals surface area contributed by atoms with Crippen LogP contribution in [0.2, 0.25) is 0 Å². The van der Waals surface area contributed by atoms with Gasteiger partial charge in [0.25, 0.3) is 5.56 Å². The maximum Gasteiger partial charge on any atom is 0.313 e. The highest BCUT2D eigenvalue weighted by molar-refractivity contribution is 7.99. The molecule has 0 aliphatic heterocycles. The number of carboxylic acids is 1. The maximum absolute atomic E-state index is 11.7. The van der Waals surface area contributed by atoms with Crippen molar-refractivity contribution in [1.82, 2.24) is 9.38 Å². The standard InChI is InChI=1S/C10H10N2O3S2/c1-6-3-12-8(13)2-7(11-10(12)17-6)4-16-5-9(14)15/h2-3H,4-5H2,1H3,(H,14,15). The second-order valence-electron chi connectivity index (χ2n) is 3.47. The number of nitrogens with zero attached hydrogens (tertiary/aromatic N) is 2. The number of aliphatic carboxylic acids is 1. The number of hydrogen-bond donors (Lipinski definition) is 1. The molecule has 0 aliphatic carbocycles. The van der Waals surface area contributed by atoms with Gasteiger partial charge in [-0.2, -0.15) is 0 Å². The average molecular weight is 270 g/mol. The second kappa shape index (κ2) is 4.89. The molecule has 0 radical (unpaired) electrons. The predicted octanol–water partition coefficient (Wildman–Crippen LogP) is 1.38. The van der Waals surface area contributed by atoms with Crippen LogP contribution in [0.25, 0.3) is 4.96 Å². The Morgan fingerprint density at radius 3 is 3.12 bits per heavy atom. The Kier molecular flexibility index (Phi) is 3.49. The molecule has 0 fully saturated rings. The molecule has 0 spiro atoms. The Morgan fingerprint density at radius 1 is 1.65 bits per heavy atom. The molecule has 1 N–H and O–H groups in total. The van der Waals surface area contributed by atoms with Crippen LogP contribution in [0.4, 0.5) is 0 Å². The molecule has 2 aromatic rings. The summed E-state index contributed by atoms with van der Waals surface area (Å²) in [5, 5.41) is 8.52. The lowest BCUT2D eigenvalue weighted by Crippen LogP contribution is -2.12. The quantitative estimate of drug-likeness (QED) is 0.908. The summed E-state index contributed by atoms with van der Waals surface area (Å²) in [4.78, 5) is 28.1. The van der Waals surface area contributed by atoms with E-state index >= 15 is 0 Å². The molecule has 7 heteroatoms. The second-order valence-corrected chi connectivity index (χ2v) is 5.67. The fourth-order valence-electron chi connectivity index (χ4n) is 1.38. The highest BCUT2D eigenvalue weighted by Crippen LogP contribution is 2.15. The lowest BCUT2D eigenvalue weighted by Gasteiger charge is -1.99.